The van der Waals surface area contributed by atoms with Gasteiger partial charge in [0.05, 0.1) is 19.9 Å². The summed E-state index contributed by atoms with van der Waals surface area (Å²) in [5.41, 5.74) is 4.17. The van der Waals surface area contributed by atoms with Gasteiger partial charge in [-0.3, -0.25) is 14.5 Å². The second kappa shape index (κ2) is 7.88. The Morgan fingerprint density at radius 3 is 2.26 bits per heavy atom. The molecule has 0 bridgehead atoms. The number of methoxy groups -OCH3 is 2. The Bertz CT molecular complexity index is 1060. The van der Waals surface area contributed by atoms with Gasteiger partial charge in [0.1, 0.15) is 11.5 Å². The third kappa shape index (κ3) is 3.97. The molecule has 0 spiro atoms. The Labute approximate surface area is 183 Å². The van der Waals surface area contributed by atoms with E-state index in [0.29, 0.717) is 30.0 Å². The zero-order chi connectivity index (χ0) is 22.3. The zero-order valence-electron chi connectivity index (χ0n) is 18.8. The average molecular weight is 420 g/mol. The van der Waals surface area contributed by atoms with Crippen molar-refractivity contribution in [1.29, 1.82) is 0 Å². The number of rotatable bonds is 4. The molecular weight excluding hydrogens is 390 g/mol. The minimum absolute atomic E-state index is 0.0222. The highest BCUT2D eigenvalue weighted by Crippen LogP contribution is 2.48. The lowest BCUT2D eigenvalue weighted by Gasteiger charge is -2.43. The first-order chi connectivity index (χ1) is 14.7. The Morgan fingerprint density at radius 1 is 0.968 bits per heavy atom. The molecule has 31 heavy (non-hydrogen) atoms. The number of carbonyl (C=O) groups is 2. The molecule has 0 fully saturated rings. The third-order valence-corrected chi connectivity index (χ3v) is 6.18. The van der Waals surface area contributed by atoms with Crippen molar-refractivity contribution in [3.05, 3.63) is 64.9 Å². The first kappa shape index (κ1) is 21.2. The number of amides is 1. The van der Waals surface area contributed by atoms with E-state index in [4.69, 9.17) is 9.47 Å². The lowest BCUT2D eigenvalue weighted by atomic mass is 9.69. The number of ketones is 1. The molecule has 5 nitrogen and oxygen atoms in total. The molecule has 1 aliphatic carbocycles. The summed E-state index contributed by atoms with van der Waals surface area (Å²) < 4.78 is 10.8. The van der Waals surface area contributed by atoms with Crippen molar-refractivity contribution in [3.63, 3.8) is 0 Å². The Hall–Kier alpha value is -3.08. The van der Waals surface area contributed by atoms with Gasteiger partial charge in [-0.15, -0.1) is 0 Å². The summed E-state index contributed by atoms with van der Waals surface area (Å²) in [5.74, 6) is 1.10. The van der Waals surface area contributed by atoms with Crippen LogP contribution in [0.3, 0.4) is 0 Å². The quantitative estimate of drug-likeness (QED) is 0.686. The smallest absolute Gasteiger partial charge is 0.232 e. The van der Waals surface area contributed by atoms with E-state index in [1.54, 1.807) is 25.2 Å². The summed E-state index contributed by atoms with van der Waals surface area (Å²) in [4.78, 5) is 28.6. The van der Waals surface area contributed by atoms with Crippen LogP contribution in [-0.2, 0) is 9.59 Å². The molecule has 0 radical (unpaired) electrons. The highest BCUT2D eigenvalue weighted by Gasteiger charge is 2.44. The number of hydrogen-bond donors (Lipinski definition) is 0. The number of anilines is 1. The van der Waals surface area contributed by atoms with Gasteiger partial charge in [0.25, 0.3) is 0 Å². The molecular formula is C26H29NO4. The van der Waals surface area contributed by atoms with Gasteiger partial charge >= 0.3 is 0 Å². The molecule has 1 heterocycles. The third-order valence-electron chi connectivity index (χ3n) is 6.18. The maximum atomic E-state index is 13.5. The van der Waals surface area contributed by atoms with Gasteiger partial charge < -0.3 is 9.47 Å². The van der Waals surface area contributed by atoms with Crippen LogP contribution in [0.2, 0.25) is 0 Å². The number of nitrogens with zero attached hydrogens (tertiary/aromatic N) is 1. The lowest BCUT2D eigenvalue weighted by Crippen LogP contribution is -2.43. The predicted molar refractivity (Wildman–Crippen MR) is 121 cm³/mol. The number of hydrogen-bond acceptors (Lipinski definition) is 4. The van der Waals surface area contributed by atoms with Gasteiger partial charge in [0.15, 0.2) is 5.78 Å². The van der Waals surface area contributed by atoms with Crippen LogP contribution >= 0.6 is 0 Å². The lowest BCUT2D eigenvalue weighted by molar-refractivity contribution is -0.121. The average Bonchev–Trinajstić information content (AvgIpc) is 2.71. The van der Waals surface area contributed by atoms with Crippen LogP contribution in [0.4, 0.5) is 5.69 Å². The monoisotopic (exact) mass is 419 g/mol. The SMILES string of the molecule is COc1cc(OC)cc(N2C(=O)CC(c3cccc(C)c3)C3=C2CC(C)(C)CC3=O)c1. The van der Waals surface area contributed by atoms with Crippen molar-refractivity contribution in [2.24, 2.45) is 5.41 Å². The zero-order valence-corrected chi connectivity index (χ0v) is 18.8. The number of ether oxygens (including phenoxy) is 2. The molecule has 0 saturated carbocycles. The van der Waals surface area contributed by atoms with Crippen LogP contribution in [-0.4, -0.2) is 25.9 Å². The highest BCUT2D eigenvalue weighted by atomic mass is 16.5. The van der Waals surface area contributed by atoms with Crippen LogP contribution in [0.1, 0.15) is 50.2 Å². The van der Waals surface area contributed by atoms with E-state index in [1.165, 1.54) is 0 Å². The number of Topliss-reactive ketones (excluding diaryl/α,β-unsaturated/α-hetero) is 1. The molecule has 4 rings (SSSR count). The van der Waals surface area contributed by atoms with E-state index in [-0.39, 0.29) is 29.4 Å². The molecule has 2 aromatic rings. The van der Waals surface area contributed by atoms with Gasteiger partial charge in [0, 0.05) is 48.2 Å². The van der Waals surface area contributed by atoms with Crippen molar-refractivity contribution in [2.45, 2.75) is 46.0 Å². The van der Waals surface area contributed by atoms with Crippen LogP contribution in [0, 0.1) is 12.3 Å². The minimum Gasteiger partial charge on any atom is -0.497 e. The van der Waals surface area contributed by atoms with Crippen molar-refractivity contribution in [1.82, 2.24) is 0 Å². The summed E-state index contributed by atoms with van der Waals surface area (Å²) in [6.07, 6.45) is 1.40. The van der Waals surface area contributed by atoms with Gasteiger partial charge in [-0.05, 0) is 24.3 Å². The van der Waals surface area contributed by atoms with E-state index >= 15 is 0 Å². The van der Waals surface area contributed by atoms with E-state index in [9.17, 15) is 9.59 Å². The first-order valence-corrected chi connectivity index (χ1v) is 10.6. The number of carbonyl (C=O) groups excluding carboxylic acids is 2. The van der Waals surface area contributed by atoms with E-state index in [1.807, 2.05) is 37.3 Å². The van der Waals surface area contributed by atoms with Gasteiger partial charge in [0.2, 0.25) is 5.91 Å². The molecule has 5 heteroatoms. The highest BCUT2D eigenvalue weighted by molar-refractivity contribution is 6.08. The molecule has 0 N–H and O–H groups in total. The maximum Gasteiger partial charge on any atom is 0.232 e. The van der Waals surface area contributed by atoms with E-state index < -0.39 is 0 Å². The van der Waals surface area contributed by atoms with E-state index in [0.717, 1.165) is 22.4 Å². The minimum atomic E-state index is -0.216. The summed E-state index contributed by atoms with van der Waals surface area (Å²) >= 11 is 0. The first-order valence-electron chi connectivity index (χ1n) is 10.6. The van der Waals surface area contributed by atoms with Crippen LogP contribution in [0.15, 0.2) is 53.7 Å². The van der Waals surface area contributed by atoms with Gasteiger partial charge in [-0.25, -0.2) is 0 Å². The Kier molecular flexibility index (Phi) is 5.38. The fraction of sp³-hybridized carbons (Fsp3) is 0.385. The molecule has 162 valence electrons. The molecule has 1 atom stereocenters. The van der Waals surface area contributed by atoms with Crippen molar-refractivity contribution in [3.8, 4) is 11.5 Å². The van der Waals surface area contributed by atoms with Crippen molar-refractivity contribution >= 4 is 17.4 Å². The van der Waals surface area contributed by atoms with E-state index in [2.05, 4.69) is 19.9 Å². The molecule has 1 unspecified atom stereocenters. The fourth-order valence-electron chi connectivity index (χ4n) is 4.81. The summed E-state index contributed by atoms with van der Waals surface area (Å²) in [7, 11) is 3.17. The molecule has 2 aliphatic rings. The number of benzene rings is 2. The predicted octanol–water partition coefficient (Wildman–Crippen LogP) is 5.18. The van der Waals surface area contributed by atoms with Crippen molar-refractivity contribution < 1.29 is 19.1 Å². The summed E-state index contributed by atoms with van der Waals surface area (Å²) in [6.45, 7) is 6.20. The Balaban J connectivity index is 1.92. The largest absolute Gasteiger partial charge is 0.497 e. The molecule has 0 aromatic heterocycles. The molecule has 1 aliphatic heterocycles. The van der Waals surface area contributed by atoms with Gasteiger partial charge in [-0.2, -0.15) is 0 Å². The van der Waals surface area contributed by atoms with Gasteiger partial charge in [-0.1, -0.05) is 43.7 Å². The standard InChI is InChI=1S/C26H29NO4/c1-16-7-6-8-17(9-16)21-13-24(29)27(18-10-19(30-4)12-20(11-18)31-5)22-14-26(2,3)15-23(28)25(21)22/h6-12,21H,13-15H2,1-5H3. The maximum absolute atomic E-state index is 13.5. The molecule has 0 saturated heterocycles. The summed E-state index contributed by atoms with van der Waals surface area (Å²) in [6, 6.07) is 13.6. The normalized spacial score (nSPS) is 20.5. The number of allylic oxidation sites excluding steroid dienone is 2. The fourth-order valence-corrected chi connectivity index (χ4v) is 4.81. The second-order valence-electron chi connectivity index (χ2n) is 9.27. The van der Waals surface area contributed by atoms with Crippen LogP contribution in [0.25, 0.3) is 0 Å². The van der Waals surface area contributed by atoms with Crippen LogP contribution in [0.5, 0.6) is 11.5 Å². The molecule has 2 aromatic carbocycles. The molecule has 1 amide bonds. The second-order valence-corrected chi connectivity index (χ2v) is 9.27. The van der Waals surface area contributed by atoms with Crippen molar-refractivity contribution in [2.75, 3.05) is 19.1 Å². The Morgan fingerprint density at radius 2 is 1.65 bits per heavy atom. The number of aryl methyl sites for hydroxylation is 1. The topological polar surface area (TPSA) is 55.8 Å². The van der Waals surface area contributed by atoms with Crippen LogP contribution < -0.4 is 14.4 Å². The summed E-state index contributed by atoms with van der Waals surface area (Å²) in [5, 5.41) is 0.